The largest absolute Gasteiger partial charge is 0.345 e. The fourth-order valence-corrected chi connectivity index (χ4v) is 3.20. The Labute approximate surface area is 159 Å². The number of aromatic amines is 1. The first-order valence-corrected chi connectivity index (χ1v) is 8.68. The predicted octanol–water partition coefficient (Wildman–Crippen LogP) is 3.16. The van der Waals surface area contributed by atoms with E-state index in [4.69, 9.17) is 0 Å². The molecule has 0 saturated heterocycles. The maximum atomic E-state index is 12.3. The van der Waals surface area contributed by atoms with Gasteiger partial charge in [-0.15, -0.1) is 5.10 Å². The molecule has 0 aliphatic rings. The van der Waals surface area contributed by atoms with Crippen LogP contribution in [0.2, 0.25) is 0 Å². The number of carbonyl (C=O) groups excluding carboxylic acids is 1. The monoisotopic (exact) mass is 369 g/mol. The molecule has 0 unspecified atom stereocenters. The van der Waals surface area contributed by atoms with E-state index in [0.717, 1.165) is 27.5 Å². The van der Waals surface area contributed by atoms with E-state index in [-0.39, 0.29) is 5.91 Å². The number of nitrogens with one attached hydrogen (secondary N) is 2. The van der Waals surface area contributed by atoms with Crippen LogP contribution in [0.3, 0.4) is 0 Å². The molecule has 8 heteroatoms. The topological polar surface area (TPSA) is 101 Å². The molecule has 5 rings (SSSR count). The Balaban J connectivity index is 1.49. The molecule has 5 aromatic rings. The third-order valence-corrected chi connectivity index (χ3v) is 4.64. The lowest BCUT2D eigenvalue weighted by atomic mass is 10.1. The SMILES string of the molecule is Cn1nnc2ccc(-c3c[nH]c4nc(NC(=O)c5ccncc5)ccc34)cc21. The summed E-state index contributed by atoms with van der Waals surface area (Å²) in [7, 11) is 1.87. The summed E-state index contributed by atoms with van der Waals surface area (Å²) in [6, 6.07) is 13.1. The Morgan fingerprint density at radius 2 is 1.96 bits per heavy atom. The van der Waals surface area contributed by atoms with E-state index < -0.39 is 0 Å². The summed E-state index contributed by atoms with van der Waals surface area (Å²) in [5.41, 5.74) is 5.11. The molecule has 136 valence electrons. The van der Waals surface area contributed by atoms with Crippen molar-refractivity contribution in [3.05, 3.63) is 66.6 Å². The molecule has 8 nitrogen and oxygen atoms in total. The highest BCUT2D eigenvalue weighted by Crippen LogP contribution is 2.30. The lowest BCUT2D eigenvalue weighted by molar-refractivity contribution is 0.102. The molecule has 4 aromatic heterocycles. The third kappa shape index (κ3) is 2.67. The summed E-state index contributed by atoms with van der Waals surface area (Å²) >= 11 is 0. The third-order valence-electron chi connectivity index (χ3n) is 4.64. The average Bonchev–Trinajstić information content (AvgIpc) is 3.32. The maximum Gasteiger partial charge on any atom is 0.256 e. The van der Waals surface area contributed by atoms with Gasteiger partial charge in [0.15, 0.2) is 0 Å². The molecule has 4 heterocycles. The number of hydrogen-bond donors (Lipinski definition) is 2. The zero-order valence-electron chi connectivity index (χ0n) is 14.9. The van der Waals surface area contributed by atoms with Gasteiger partial charge in [-0.05, 0) is 42.0 Å². The number of H-pyrrole nitrogens is 1. The van der Waals surface area contributed by atoms with Crippen LogP contribution in [-0.4, -0.2) is 35.9 Å². The molecule has 0 bridgehead atoms. The summed E-state index contributed by atoms with van der Waals surface area (Å²) < 4.78 is 1.75. The minimum Gasteiger partial charge on any atom is -0.345 e. The number of fused-ring (bicyclic) bond motifs is 2. The Morgan fingerprint density at radius 3 is 2.82 bits per heavy atom. The fraction of sp³-hybridized carbons (Fsp3) is 0.0500. The Hall–Kier alpha value is -4.07. The average molecular weight is 369 g/mol. The van der Waals surface area contributed by atoms with Crippen LogP contribution < -0.4 is 5.32 Å². The Kier molecular flexibility index (Phi) is 3.61. The van der Waals surface area contributed by atoms with Gasteiger partial charge in [0.05, 0.1) is 5.52 Å². The highest BCUT2D eigenvalue weighted by molar-refractivity contribution is 6.04. The zero-order valence-corrected chi connectivity index (χ0v) is 14.9. The van der Waals surface area contributed by atoms with E-state index >= 15 is 0 Å². The summed E-state index contributed by atoms with van der Waals surface area (Å²) in [5.74, 6) is 0.254. The van der Waals surface area contributed by atoms with Crippen LogP contribution in [0.4, 0.5) is 5.82 Å². The number of hydrogen-bond acceptors (Lipinski definition) is 5. The van der Waals surface area contributed by atoms with Gasteiger partial charge in [0.25, 0.3) is 5.91 Å². The highest BCUT2D eigenvalue weighted by Gasteiger charge is 2.12. The Bertz CT molecular complexity index is 1320. The second-order valence-corrected chi connectivity index (χ2v) is 6.40. The van der Waals surface area contributed by atoms with Crippen molar-refractivity contribution in [2.24, 2.45) is 7.05 Å². The van der Waals surface area contributed by atoms with Gasteiger partial charge >= 0.3 is 0 Å². The number of amides is 1. The van der Waals surface area contributed by atoms with Crippen LogP contribution in [0, 0.1) is 0 Å². The first-order chi connectivity index (χ1) is 13.7. The van der Waals surface area contributed by atoms with Crippen LogP contribution >= 0.6 is 0 Å². The lowest BCUT2D eigenvalue weighted by Gasteiger charge is -2.05. The molecule has 1 aromatic carbocycles. The van der Waals surface area contributed by atoms with Crippen molar-refractivity contribution in [3.63, 3.8) is 0 Å². The number of aromatic nitrogens is 6. The van der Waals surface area contributed by atoms with Crippen molar-refractivity contribution in [2.75, 3.05) is 5.32 Å². The number of pyridine rings is 2. The molecule has 0 atom stereocenters. The van der Waals surface area contributed by atoms with Crippen LogP contribution in [0.15, 0.2) is 61.1 Å². The molecule has 0 aliphatic carbocycles. The highest BCUT2D eigenvalue weighted by atomic mass is 16.1. The predicted molar refractivity (Wildman–Crippen MR) is 106 cm³/mol. The lowest BCUT2D eigenvalue weighted by Crippen LogP contribution is -2.12. The van der Waals surface area contributed by atoms with Crippen molar-refractivity contribution in [1.82, 2.24) is 29.9 Å². The van der Waals surface area contributed by atoms with Crippen molar-refractivity contribution in [2.45, 2.75) is 0 Å². The minimum atomic E-state index is -0.227. The quantitative estimate of drug-likeness (QED) is 0.509. The van der Waals surface area contributed by atoms with E-state index in [1.165, 1.54) is 0 Å². The molecular formula is C20H15N7O. The number of benzene rings is 1. The van der Waals surface area contributed by atoms with E-state index in [1.54, 1.807) is 35.3 Å². The number of anilines is 1. The first-order valence-electron chi connectivity index (χ1n) is 8.68. The van der Waals surface area contributed by atoms with Gasteiger partial charge in [0, 0.05) is 42.2 Å². The second-order valence-electron chi connectivity index (χ2n) is 6.40. The first kappa shape index (κ1) is 16.1. The van der Waals surface area contributed by atoms with Gasteiger partial charge in [-0.25, -0.2) is 9.67 Å². The molecular weight excluding hydrogens is 354 g/mol. The molecule has 0 fully saturated rings. The number of rotatable bonds is 3. The van der Waals surface area contributed by atoms with Gasteiger partial charge < -0.3 is 10.3 Å². The van der Waals surface area contributed by atoms with E-state index in [1.807, 2.05) is 31.4 Å². The van der Waals surface area contributed by atoms with Gasteiger partial charge in [-0.2, -0.15) is 0 Å². The zero-order chi connectivity index (χ0) is 19.1. The van der Waals surface area contributed by atoms with Crippen molar-refractivity contribution in [1.29, 1.82) is 0 Å². The maximum absolute atomic E-state index is 12.3. The van der Waals surface area contributed by atoms with Crippen LogP contribution in [0.25, 0.3) is 33.2 Å². The molecule has 28 heavy (non-hydrogen) atoms. The standard InChI is InChI=1S/C20H15N7O/c1-27-17-10-13(2-4-16(17)25-26-27)15-11-22-19-14(15)3-5-18(23-19)24-20(28)12-6-8-21-9-7-12/h2-11H,1H3,(H2,22,23,24,28). The summed E-state index contributed by atoms with van der Waals surface area (Å²) in [6.07, 6.45) is 5.08. The Morgan fingerprint density at radius 1 is 1.11 bits per heavy atom. The van der Waals surface area contributed by atoms with Crippen LogP contribution in [0.1, 0.15) is 10.4 Å². The van der Waals surface area contributed by atoms with Gasteiger partial charge in [-0.3, -0.25) is 9.78 Å². The van der Waals surface area contributed by atoms with Crippen LogP contribution in [0.5, 0.6) is 0 Å². The van der Waals surface area contributed by atoms with Crippen molar-refractivity contribution >= 4 is 33.8 Å². The number of carbonyl (C=O) groups is 1. The van der Waals surface area contributed by atoms with Gasteiger partial charge in [0.1, 0.15) is 17.0 Å². The summed E-state index contributed by atoms with van der Waals surface area (Å²) in [4.78, 5) is 23.9. The van der Waals surface area contributed by atoms with E-state index in [9.17, 15) is 4.79 Å². The molecule has 0 aliphatic heterocycles. The second kappa shape index (κ2) is 6.27. The fourth-order valence-electron chi connectivity index (χ4n) is 3.20. The van der Waals surface area contributed by atoms with Crippen LogP contribution in [-0.2, 0) is 7.05 Å². The number of nitrogens with zero attached hydrogens (tertiary/aromatic N) is 5. The molecule has 0 spiro atoms. The van der Waals surface area contributed by atoms with Gasteiger partial charge in [0.2, 0.25) is 0 Å². The van der Waals surface area contributed by atoms with Crippen molar-refractivity contribution in [3.8, 4) is 11.1 Å². The smallest absolute Gasteiger partial charge is 0.256 e. The minimum absolute atomic E-state index is 0.227. The molecule has 0 radical (unpaired) electrons. The summed E-state index contributed by atoms with van der Waals surface area (Å²) in [6.45, 7) is 0. The normalized spacial score (nSPS) is 11.2. The molecule has 0 saturated carbocycles. The van der Waals surface area contributed by atoms with Gasteiger partial charge in [-0.1, -0.05) is 11.3 Å². The summed E-state index contributed by atoms with van der Waals surface area (Å²) in [5, 5.41) is 11.9. The molecule has 2 N–H and O–H groups in total. The van der Waals surface area contributed by atoms with E-state index in [2.05, 4.69) is 36.6 Å². The molecule has 1 amide bonds. The van der Waals surface area contributed by atoms with E-state index in [0.29, 0.717) is 17.0 Å². The number of aryl methyl sites for hydroxylation is 1. The van der Waals surface area contributed by atoms with Crippen molar-refractivity contribution < 1.29 is 4.79 Å².